The number of hydrogen-bond donors (Lipinski definition) is 1. The fourth-order valence-corrected chi connectivity index (χ4v) is 2.30. The first-order valence-corrected chi connectivity index (χ1v) is 7.69. The zero-order valence-corrected chi connectivity index (χ0v) is 13.0. The number of thiophene rings is 1. The third-order valence-electron chi connectivity index (χ3n) is 2.69. The lowest BCUT2D eigenvalue weighted by atomic mass is 10.2. The number of carbonyl (C=O) groups excluding carboxylic acids is 1. The van der Waals surface area contributed by atoms with Gasteiger partial charge in [0, 0.05) is 30.1 Å². The number of aryl methyl sites for hydroxylation is 2. The number of rotatable bonds is 6. The van der Waals surface area contributed by atoms with Crippen LogP contribution in [0.25, 0.3) is 11.3 Å². The summed E-state index contributed by atoms with van der Waals surface area (Å²) in [7, 11) is 0. The van der Waals surface area contributed by atoms with Crippen LogP contribution in [0.2, 0.25) is 0 Å². The summed E-state index contributed by atoms with van der Waals surface area (Å²) in [6.45, 7) is 3.39. The Morgan fingerprint density at radius 3 is 3.00 bits per heavy atom. The summed E-state index contributed by atoms with van der Waals surface area (Å²) in [5.74, 6) is 0.851. The van der Waals surface area contributed by atoms with Crippen molar-refractivity contribution in [1.82, 2.24) is 25.2 Å². The van der Waals surface area contributed by atoms with Gasteiger partial charge >= 0.3 is 0 Å². The van der Waals surface area contributed by atoms with Gasteiger partial charge in [0.15, 0.2) is 5.76 Å². The molecule has 22 heavy (non-hydrogen) atoms. The maximum absolute atomic E-state index is 9.82. The van der Waals surface area contributed by atoms with Gasteiger partial charge in [-0.1, -0.05) is 5.16 Å². The molecule has 0 aromatic carbocycles. The Hall–Kier alpha value is -2.48. The van der Waals surface area contributed by atoms with Crippen LogP contribution < -0.4 is 5.32 Å². The number of hydrogen-bond acceptors (Lipinski definition) is 6. The van der Waals surface area contributed by atoms with Crippen LogP contribution in [0, 0.1) is 6.92 Å². The van der Waals surface area contributed by atoms with Crippen molar-refractivity contribution in [1.29, 1.82) is 0 Å². The maximum atomic E-state index is 9.82. The molecule has 0 fully saturated rings. The number of amides is 1. The quantitative estimate of drug-likeness (QED) is 0.555. The molecular formula is C14H17N5O2S. The van der Waals surface area contributed by atoms with Crippen molar-refractivity contribution in [3.63, 3.8) is 0 Å². The number of nitrogens with zero attached hydrogens (tertiary/aromatic N) is 4. The monoisotopic (exact) mass is 319 g/mol. The van der Waals surface area contributed by atoms with E-state index in [2.05, 4.69) is 20.6 Å². The zero-order valence-electron chi connectivity index (χ0n) is 12.2. The minimum absolute atomic E-state index is 0.684. The third kappa shape index (κ3) is 5.13. The molecule has 0 aliphatic carbocycles. The highest BCUT2D eigenvalue weighted by molar-refractivity contribution is 7.08. The van der Waals surface area contributed by atoms with Crippen LogP contribution in [0.5, 0.6) is 0 Å². The minimum atomic E-state index is 0.684. The van der Waals surface area contributed by atoms with Crippen molar-refractivity contribution in [2.45, 2.75) is 19.9 Å². The standard InChI is InChI=1S/C8H7NOS.C6H10N4O/c1-6-4-8(10-9-6)7-2-3-11-5-7;11-6-7-2-1-3-10-5-8-4-9-10/h2-5H,1H3;4-6H,1-3H2,(H,7,11). The van der Waals surface area contributed by atoms with Crippen molar-refractivity contribution < 1.29 is 9.32 Å². The molecule has 0 aliphatic rings. The van der Waals surface area contributed by atoms with E-state index in [-0.39, 0.29) is 0 Å². The van der Waals surface area contributed by atoms with Crippen molar-refractivity contribution in [3.8, 4) is 11.3 Å². The predicted octanol–water partition coefficient (Wildman–Crippen LogP) is 2.13. The molecule has 1 N–H and O–H groups in total. The lowest BCUT2D eigenvalue weighted by Crippen LogP contribution is -2.14. The van der Waals surface area contributed by atoms with E-state index in [0.29, 0.717) is 13.0 Å². The Bertz CT molecular complexity index is 649. The largest absolute Gasteiger partial charge is 0.359 e. The fraction of sp³-hybridized carbons (Fsp3) is 0.286. The molecule has 7 nitrogen and oxygen atoms in total. The Morgan fingerprint density at radius 2 is 2.41 bits per heavy atom. The average molecular weight is 319 g/mol. The molecule has 0 radical (unpaired) electrons. The SMILES string of the molecule is Cc1cc(-c2ccsc2)on1.O=CNCCCn1cncn1. The molecule has 3 aromatic heterocycles. The molecule has 116 valence electrons. The maximum Gasteiger partial charge on any atom is 0.207 e. The van der Waals surface area contributed by atoms with E-state index in [1.165, 1.54) is 6.33 Å². The summed E-state index contributed by atoms with van der Waals surface area (Å²) in [6.07, 6.45) is 4.72. The Balaban J connectivity index is 0.000000160. The number of aromatic nitrogens is 4. The van der Waals surface area contributed by atoms with Crippen LogP contribution in [-0.4, -0.2) is 32.9 Å². The molecule has 0 spiro atoms. The van der Waals surface area contributed by atoms with Crippen LogP contribution >= 0.6 is 11.3 Å². The highest BCUT2D eigenvalue weighted by Crippen LogP contribution is 2.22. The number of nitrogens with one attached hydrogen (secondary N) is 1. The highest BCUT2D eigenvalue weighted by atomic mass is 32.1. The van der Waals surface area contributed by atoms with Crippen LogP contribution in [0.15, 0.2) is 40.1 Å². The summed E-state index contributed by atoms with van der Waals surface area (Å²) in [4.78, 5) is 13.6. The van der Waals surface area contributed by atoms with E-state index in [1.54, 1.807) is 22.3 Å². The van der Waals surface area contributed by atoms with Crippen LogP contribution in [-0.2, 0) is 11.3 Å². The van der Waals surface area contributed by atoms with Gasteiger partial charge in [0.25, 0.3) is 0 Å². The second-order valence-corrected chi connectivity index (χ2v) is 5.21. The second-order valence-electron chi connectivity index (χ2n) is 4.43. The van der Waals surface area contributed by atoms with E-state index in [0.717, 1.165) is 30.0 Å². The zero-order chi connectivity index (χ0) is 15.6. The minimum Gasteiger partial charge on any atom is -0.359 e. The molecule has 8 heteroatoms. The molecular weight excluding hydrogens is 302 g/mol. The van der Waals surface area contributed by atoms with Gasteiger partial charge in [-0.25, -0.2) is 4.98 Å². The van der Waals surface area contributed by atoms with Gasteiger partial charge in [0.1, 0.15) is 12.7 Å². The lowest BCUT2D eigenvalue weighted by molar-refractivity contribution is -0.109. The number of carbonyl (C=O) groups is 1. The van der Waals surface area contributed by atoms with E-state index >= 15 is 0 Å². The molecule has 3 rings (SSSR count). The van der Waals surface area contributed by atoms with Gasteiger partial charge in [0.05, 0.1) is 5.69 Å². The van der Waals surface area contributed by atoms with Crippen LogP contribution in [0.1, 0.15) is 12.1 Å². The first kappa shape index (κ1) is 15.9. The molecule has 0 bridgehead atoms. The summed E-state index contributed by atoms with van der Waals surface area (Å²) < 4.78 is 6.79. The van der Waals surface area contributed by atoms with Crippen molar-refractivity contribution >= 4 is 17.7 Å². The van der Waals surface area contributed by atoms with Crippen LogP contribution in [0.3, 0.4) is 0 Å². The molecule has 0 aliphatic heterocycles. The average Bonchev–Trinajstić information content (AvgIpc) is 3.26. The van der Waals surface area contributed by atoms with Gasteiger partial charge in [-0.15, -0.1) is 0 Å². The van der Waals surface area contributed by atoms with E-state index in [9.17, 15) is 4.79 Å². The Kier molecular flexibility index (Phi) is 6.31. The highest BCUT2D eigenvalue weighted by Gasteiger charge is 2.02. The van der Waals surface area contributed by atoms with Gasteiger partial charge in [-0.3, -0.25) is 9.48 Å². The summed E-state index contributed by atoms with van der Waals surface area (Å²) >= 11 is 1.66. The first-order chi connectivity index (χ1) is 10.8. The van der Waals surface area contributed by atoms with Gasteiger partial charge in [0.2, 0.25) is 6.41 Å². The molecule has 0 saturated carbocycles. The van der Waals surface area contributed by atoms with E-state index < -0.39 is 0 Å². The van der Waals surface area contributed by atoms with Gasteiger partial charge in [-0.2, -0.15) is 16.4 Å². The molecule has 1 amide bonds. The topological polar surface area (TPSA) is 85.8 Å². The molecule has 3 heterocycles. The third-order valence-corrected chi connectivity index (χ3v) is 3.38. The van der Waals surface area contributed by atoms with Gasteiger partial charge < -0.3 is 9.84 Å². The molecule has 0 saturated heterocycles. The van der Waals surface area contributed by atoms with E-state index in [1.807, 2.05) is 29.8 Å². The summed E-state index contributed by atoms with van der Waals surface area (Å²) in [5, 5.41) is 14.3. The summed E-state index contributed by atoms with van der Waals surface area (Å²) in [5.41, 5.74) is 2.03. The Morgan fingerprint density at radius 1 is 1.50 bits per heavy atom. The van der Waals surface area contributed by atoms with Crippen molar-refractivity contribution in [2.75, 3.05) is 6.54 Å². The second kappa shape index (κ2) is 8.73. The van der Waals surface area contributed by atoms with Gasteiger partial charge in [-0.05, 0) is 24.8 Å². The first-order valence-electron chi connectivity index (χ1n) is 6.75. The smallest absolute Gasteiger partial charge is 0.207 e. The Labute approximate surface area is 132 Å². The fourth-order valence-electron chi connectivity index (χ4n) is 1.65. The molecule has 3 aromatic rings. The summed E-state index contributed by atoms with van der Waals surface area (Å²) in [6, 6.07) is 3.95. The van der Waals surface area contributed by atoms with Crippen molar-refractivity contribution in [2.24, 2.45) is 0 Å². The van der Waals surface area contributed by atoms with Crippen molar-refractivity contribution in [3.05, 3.63) is 41.2 Å². The van der Waals surface area contributed by atoms with Crippen LogP contribution in [0.4, 0.5) is 0 Å². The lowest BCUT2D eigenvalue weighted by Gasteiger charge is -1.98. The normalized spacial score (nSPS) is 9.86. The molecule has 0 atom stereocenters. The van der Waals surface area contributed by atoms with E-state index in [4.69, 9.17) is 4.52 Å². The molecule has 0 unspecified atom stereocenters. The predicted molar refractivity (Wildman–Crippen MR) is 83.3 cm³/mol.